The van der Waals surface area contributed by atoms with Gasteiger partial charge in [0.05, 0.1) is 17.7 Å². The number of carbonyl (C=O) groups excluding carboxylic acids is 2. The Kier molecular flexibility index (Phi) is 10.9. The minimum Gasteiger partial charge on any atom is -0.497 e. The van der Waals surface area contributed by atoms with Crippen LogP contribution in [0.25, 0.3) is 0 Å². The smallest absolute Gasteiger partial charge is 0.264 e. The van der Waals surface area contributed by atoms with E-state index in [4.69, 9.17) is 4.74 Å². The number of carbonyl (C=O) groups is 2. The van der Waals surface area contributed by atoms with E-state index < -0.39 is 28.5 Å². The van der Waals surface area contributed by atoms with Crippen LogP contribution in [0.5, 0.6) is 5.75 Å². The Hall–Kier alpha value is -3.85. The molecule has 43 heavy (non-hydrogen) atoms. The van der Waals surface area contributed by atoms with Crippen molar-refractivity contribution in [3.63, 3.8) is 0 Å². The molecule has 4 rings (SSSR count). The summed E-state index contributed by atoms with van der Waals surface area (Å²) >= 11 is 0. The van der Waals surface area contributed by atoms with E-state index in [0.717, 1.165) is 53.1 Å². The maximum atomic E-state index is 14.3. The highest BCUT2D eigenvalue weighted by Gasteiger charge is 2.34. The van der Waals surface area contributed by atoms with Crippen LogP contribution in [0.3, 0.4) is 0 Å². The van der Waals surface area contributed by atoms with E-state index in [1.54, 1.807) is 37.4 Å². The first-order chi connectivity index (χ1) is 20.6. The van der Waals surface area contributed by atoms with Gasteiger partial charge >= 0.3 is 0 Å². The van der Waals surface area contributed by atoms with Crippen molar-refractivity contribution in [2.45, 2.75) is 82.8 Å². The number of hydrogen-bond donors (Lipinski definition) is 1. The standard InChI is InChI=1S/C34H43N3O5S/c1-5-32(34(39)35-28-12-8-6-9-13-28)36(23-27-17-20-30(42-4)21-18-27)33(38)24-37(29-19-16-25(2)26(3)22-29)43(40,41)31-14-10-7-11-15-31/h7,10-11,14-22,28,32H,5-6,8-9,12-13,23-24H2,1-4H3,(H,35,39). The second-order valence-corrected chi connectivity index (χ2v) is 13.1. The first-order valence-electron chi connectivity index (χ1n) is 15.0. The molecule has 1 aliphatic rings. The molecule has 0 bridgehead atoms. The van der Waals surface area contributed by atoms with Gasteiger partial charge in [-0.25, -0.2) is 8.42 Å². The number of hydrogen-bond acceptors (Lipinski definition) is 5. The van der Waals surface area contributed by atoms with Gasteiger partial charge in [0.15, 0.2) is 0 Å². The third-order valence-corrected chi connectivity index (χ3v) is 10.0. The summed E-state index contributed by atoms with van der Waals surface area (Å²) in [6.07, 6.45) is 5.53. The van der Waals surface area contributed by atoms with Crippen LogP contribution in [0, 0.1) is 13.8 Å². The molecule has 1 aliphatic carbocycles. The van der Waals surface area contributed by atoms with E-state index in [1.165, 1.54) is 17.0 Å². The maximum absolute atomic E-state index is 14.3. The third kappa shape index (κ3) is 7.96. The van der Waals surface area contributed by atoms with Gasteiger partial charge in [-0.3, -0.25) is 13.9 Å². The fourth-order valence-corrected chi connectivity index (χ4v) is 6.95. The lowest BCUT2D eigenvalue weighted by Crippen LogP contribution is -2.54. The van der Waals surface area contributed by atoms with E-state index >= 15 is 0 Å². The molecule has 2 amide bonds. The molecule has 3 aromatic carbocycles. The summed E-state index contributed by atoms with van der Waals surface area (Å²) in [5.74, 6) is 0.0117. The summed E-state index contributed by atoms with van der Waals surface area (Å²) in [5.41, 5.74) is 3.12. The van der Waals surface area contributed by atoms with Crippen molar-refractivity contribution < 1.29 is 22.7 Å². The van der Waals surface area contributed by atoms with Gasteiger partial charge in [0.25, 0.3) is 10.0 Å². The molecule has 0 saturated heterocycles. The van der Waals surface area contributed by atoms with Crippen LogP contribution >= 0.6 is 0 Å². The second kappa shape index (κ2) is 14.6. The van der Waals surface area contributed by atoms with Gasteiger partial charge in [0, 0.05) is 12.6 Å². The number of benzene rings is 3. The number of rotatable bonds is 12. The molecule has 3 aromatic rings. The lowest BCUT2D eigenvalue weighted by atomic mass is 9.95. The van der Waals surface area contributed by atoms with E-state index in [1.807, 2.05) is 51.1 Å². The van der Waals surface area contributed by atoms with Crippen LogP contribution in [0.1, 0.15) is 62.1 Å². The first-order valence-corrected chi connectivity index (χ1v) is 16.5. The van der Waals surface area contributed by atoms with Crippen molar-refractivity contribution in [3.05, 3.63) is 89.5 Å². The summed E-state index contributed by atoms with van der Waals surface area (Å²) in [4.78, 5) is 29.6. The molecule has 0 heterocycles. The molecule has 0 aliphatic heterocycles. The van der Waals surface area contributed by atoms with Crippen LogP contribution < -0.4 is 14.4 Å². The molecule has 1 atom stereocenters. The number of sulfonamides is 1. The Bertz CT molecular complexity index is 1490. The predicted molar refractivity (Wildman–Crippen MR) is 170 cm³/mol. The second-order valence-electron chi connectivity index (χ2n) is 11.2. The van der Waals surface area contributed by atoms with Crippen molar-refractivity contribution in [2.24, 2.45) is 0 Å². The molecule has 9 heteroatoms. The number of anilines is 1. The van der Waals surface area contributed by atoms with Gasteiger partial charge in [-0.05, 0) is 86.2 Å². The molecule has 0 spiro atoms. The van der Waals surface area contributed by atoms with Gasteiger partial charge in [0.2, 0.25) is 11.8 Å². The first kappa shape index (κ1) is 32.1. The van der Waals surface area contributed by atoms with Crippen molar-refractivity contribution >= 4 is 27.5 Å². The SMILES string of the molecule is CCC(C(=O)NC1CCCCC1)N(Cc1ccc(OC)cc1)C(=O)CN(c1ccc(C)c(C)c1)S(=O)(=O)c1ccccc1. The largest absolute Gasteiger partial charge is 0.497 e. The lowest BCUT2D eigenvalue weighted by molar-refractivity contribution is -0.140. The Morgan fingerprint density at radius 2 is 1.60 bits per heavy atom. The van der Waals surface area contributed by atoms with Crippen LogP contribution in [-0.2, 0) is 26.2 Å². The Morgan fingerprint density at radius 1 is 0.930 bits per heavy atom. The molecule has 1 saturated carbocycles. The summed E-state index contributed by atoms with van der Waals surface area (Å²) in [7, 11) is -2.52. The minimum absolute atomic E-state index is 0.0822. The van der Waals surface area contributed by atoms with Crippen molar-refractivity contribution in [1.29, 1.82) is 0 Å². The fraction of sp³-hybridized carbons (Fsp3) is 0.412. The molecule has 1 N–H and O–H groups in total. The van der Waals surface area contributed by atoms with Gasteiger partial charge in [-0.1, -0.05) is 62.6 Å². The van der Waals surface area contributed by atoms with Crippen molar-refractivity contribution in [3.8, 4) is 5.75 Å². The number of nitrogens with one attached hydrogen (secondary N) is 1. The lowest BCUT2D eigenvalue weighted by Gasteiger charge is -2.34. The number of methoxy groups -OCH3 is 1. The number of nitrogens with zero attached hydrogens (tertiary/aromatic N) is 2. The average Bonchev–Trinajstić information content (AvgIpc) is 3.02. The topological polar surface area (TPSA) is 96.0 Å². The third-order valence-electron chi connectivity index (χ3n) is 8.24. The number of amides is 2. The molecule has 1 unspecified atom stereocenters. The molecule has 8 nitrogen and oxygen atoms in total. The summed E-state index contributed by atoms with van der Waals surface area (Å²) in [6, 6.07) is 20.1. The van der Waals surface area contributed by atoms with Crippen LogP contribution in [0.2, 0.25) is 0 Å². The fourth-order valence-electron chi connectivity index (χ4n) is 5.52. The molecule has 1 fully saturated rings. The van der Waals surface area contributed by atoms with Crippen LogP contribution in [0.4, 0.5) is 5.69 Å². The minimum atomic E-state index is -4.10. The van der Waals surface area contributed by atoms with Crippen molar-refractivity contribution in [2.75, 3.05) is 18.0 Å². The zero-order chi connectivity index (χ0) is 31.0. The zero-order valence-electron chi connectivity index (χ0n) is 25.6. The Labute approximate surface area is 256 Å². The summed E-state index contributed by atoms with van der Waals surface area (Å²) in [6.45, 7) is 5.43. The molecular formula is C34H43N3O5S. The number of ether oxygens (including phenoxy) is 1. The Morgan fingerprint density at radius 3 is 2.21 bits per heavy atom. The highest BCUT2D eigenvalue weighted by Crippen LogP contribution is 2.27. The van der Waals surface area contributed by atoms with E-state index in [2.05, 4.69) is 5.32 Å². The van der Waals surface area contributed by atoms with Crippen molar-refractivity contribution in [1.82, 2.24) is 10.2 Å². The van der Waals surface area contributed by atoms with E-state index in [0.29, 0.717) is 17.9 Å². The molecule has 230 valence electrons. The maximum Gasteiger partial charge on any atom is 0.264 e. The normalized spacial score (nSPS) is 14.5. The molecular weight excluding hydrogens is 562 g/mol. The monoisotopic (exact) mass is 605 g/mol. The van der Waals surface area contributed by atoms with Gasteiger partial charge in [0.1, 0.15) is 18.3 Å². The summed E-state index contributed by atoms with van der Waals surface area (Å²) in [5, 5.41) is 3.18. The van der Waals surface area contributed by atoms with E-state index in [-0.39, 0.29) is 23.4 Å². The predicted octanol–water partition coefficient (Wildman–Crippen LogP) is 5.76. The Balaban J connectivity index is 1.71. The molecule has 0 aromatic heterocycles. The van der Waals surface area contributed by atoms with Crippen LogP contribution in [0.15, 0.2) is 77.7 Å². The average molecular weight is 606 g/mol. The zero-order valence-corrected chi connectivity index (χ0v) is 26.4. The highest BCUT2D eigenvalue weighted by atomic mass is 32.2. The highest BCUT2D eigenvalue weighted by molar-refractivity contribution is 7.92. The van der Waals surface area contributed by atoms with Gasteiger partial charge < -0.3 is 15.0 Å². The van der Waals surface area contributed by atoms with Gasteiger partial charge in [-0.15, -0.1) is 0 Å². The summed E-state index contributed by atoms with van der Waals surface area (Å²) < 4.78 is 34.5. The van der Waals surface area contributed by atoms with Gasteiger partial charge in [-0.2, -0.15) is 0 Å². The van der Waals surface area contributed by atoms with E-state index in [9.17, 15) is 18.0 Å². The van der Waals surface area contributed by atoms with Crippen LogP contribution in [-0.4, -0.2) is 50.9 Å². The molecule has 0 radical (unpaired) electrons. The number of aryl methyl sites for hydroxylation is 2. The quantitative estimate of drug-likeness (QED) is 0.283.